The van der Waals surface area contributed by atoms with Gasteiger partial charge in [-0.25, -0.2) is 0 Å². The van der Waals surface area contributed by atoms with E-state index in [-0.39, 0.29) is 42.6 Å². The monoisotopic (exact) mass is 543 g/mol. The average molecular weight is 545 g/mol. The fourth-order valence-corrected chi connectivity index (χ4v) is 4.33. The van der Waals surface area contributed by atoms with Gasteiger partial charge in [-0.3, -0.25) is 9.59 Å². The van der Waals surface area contributed by atoms with E-state index in [0.29, 0.717) is 22.1 Å². The average Bonchev–Trinajstić information content (AvgIpc) is 3.19. The second kappa shape index (κ2) is 11.9. The van der Waals surface area contributed by atoms with Crippen molar-refractivity contribution in [1.82, 2.24) is 16.0 Å². The van der Waals surface area contributed by atoms with Crippen LogP contribution in [0.15, 0.2) is 40.9 Å². The lowest BCUT2D eigenvalue weighted by Crippen LogP contribution is -2.49. The van der Waals surface area contributed by atoms with Gasteiger partial charge in [0.2, 0.25) is 11.8 Å². The fourth-order valence-electron chi connectivity index (χ4n) is 3.77. The van der Waals surface area contributed by atoms with Crippen molar-refractivity contribution < 1.29 is 14.7 Å². The lowest BCUT2D eigenvalue weighted by atomic mass is 9.96. The summed E-state index contributed by atoms with van der Waals surface area (Å²) >= 11 is 9.46. The number of rotatable bonds is 7. The maximum Gasteiger partial charge on any atom is 0.242 e. The van der Waals surface area contributed by atoms with Gasteiger partial charge < -0.3 is 21.1 Å². The van der Waals surface area contributed by atoms with Crippen LogP contribution in [0.4, 0.5) is 0 Å². The van der Waals surface area contributed by atoms with E-state index in [1.54, 1.807) is 26.0 Å². The number of hydrogen-bond donors (Lipinski definition) is 4. The summed E-state index contributed by atoms with van der Waals surface area (Å²) in [7, 11) is 0. The Morgan fingerprint density at radius 2 is 1.97 bits per heavy atom. The van der Waals surface area contributed by atoms with Crippen molar-refractivity contribution in [2.75, 3.05) is 6.54 Å². The summed E-state index contributed by atoms with van der Waals surface area (Å²) in [6, 6.07) is 10.5. The maximum atomic E-state index is 12.6. The number of carbonyl (C=O) groups excluding carboxylic acids is 2. The Morgan fingerprint density at radius 1 is 1.28 bits per heavy atom. The molecule has 174 valence electrons. The Hall–Kier alpha value is -1.80. The van der Waals surface area contributed by atoms with E-state index in [4.69, 9.17) is 11.6 Å². The standard InChI is InChI=1S/C23H27BrClN3O3.ClH/c1-13-7-19(25)10-17(21(13)29)12-27-22(30)14(2)28-23(31)20-9-16(11-26-20)8-15-3-5-18(24)6-4-15;/h3-7,10,14,16,20,26,29H,8-9,11-12H2,1-2H3,(H,27,30)(H,28,31);1H/t14-,16-,20+;/m0./s1. The molecule has 4 N–H and O–H groups in total. The molecule has 0 aromatic heterocycles. The lowest BCUT2D eigenvalue weighted by molar-refractivity contribution is -0.129. The fraction of sp³-hybridized carbons (Fsp3) is 0.391. The van der Waals surface area contributed by atoms with Gasteiger partial charge >= 0.3 is 0 Å². The molecule has 0 saturated carbocycles. The third-order valence-corrected chi connectivity index (χ3v) is 6.27. The zero-order valence-electron chi connectivity index (χ0n) is 18.0. The summed E-state index contributed by atoms with van der Waals surface area (Å²) < 4.78 is 1.05. The Morgan fingerprint density at radius 3 is 2.66 bits per heavy atom. The number of phenols is 1. The van der Waals surface area contributed by atoms with Crippen molar-refractivity contribution in [3.8, 4) is 5.75 Å². The van der Waals surface area contributed by atoms with Crippen LogP contribution in [-0.4, -0.2) is 35.5 Å². The highest BCUT2D eigenvalue weighted by Gasteiger charge is 2.30. The van der Waals surface area contributed by atoms with Crippen molar-refractivity contribution in [3.05, 3.63) is 62.6 Å². The summed E-state index contributed by atoms with van der Waals surface area (Å²) in [5, 5.41) is 19.4. The molecule has 1 aliphatic heterocycles. The van der Waals surface area contributed by atoms with Gasteiger partial charge in [0.1, 0.15) is 11.8 Å². The van der Waals surface area contributed by atoms with Gasteiger partial charge in [-0.2, -0.15) is 0 Å². The van der Waals surface area contributed by atoms with Crippen LogP contribution in [0, 0.1) is 12.8 Å². The first-order chi connectivity index (χ1) is 14.7. The van der Waals surface area contributed by atoms with Gasteiger partial charge in [0.05, 0.1) is 6.04 Å². The molecule has 2 aromatic carbocycles. The first-order valence-corrected chi connectivity index (χ1v) is 11.4. The number of phenolic OH excluding ortho intramolecular Hbond substituents is 1. The number of halogens is 3. The minimum atomic E-state index is -0.692. The van der Waals surface area contributed by atoms with Crippen molar-refractivity contribution in [2.45, 2.75) is 45.3 Å². The van der Waals surface area contributed by atoms with Crippen LogP contribution in [0.25, 0.3) is 0 Å². The molecule has 2 aromatic rings. The van der Waals surface area contributed by atoms with Crippen LogP contribution in [-0.2, 0) is 22.6 Å². The molecule has 0 bridgehead atoms. The van der Waals surface area contributed by atoms with E-state index < -0.39 is 6.04 Å². The van der Waals surface area contributed by atoms with Crippen LogP contribution >= 0.6 is 39.9 Å². The quantitative estimate of drug-likeness (QED) is 0.426. The van der Waals surface area contributed by atoms with Gasteiger partial charge in [0.15, 0.2) is 0 Å². The highest BCUT2D eigenvalue weighted by molar-refractivity contribution is 9.10. The molecule has 0 aliphatic carbocycles. The van der Waals surface area contributed by atoms with Gasteiger partial charge in [-0.05, 0) is 74.5 Å². The summed E-state index contributed by atoms with van der Waals surface area (Å²) in [6.07, 6.45) is 1.63. The molecule has 3 atom stereocenters. The van der Waals surface area contributed by atoms with E-state index in [9.17, 15) is 14.7 Å². The highest BCUT2D eigenvalue weighted by Crippen LogP contribution is 2.26. The van der Waals surface area contributed by atoms with Crippen molar-refractivity contribution in [1.29, 1.82) is 0 Å². The van der Waals surface area contributed by atoms with Crippen molar-refractivity contribution in [3.63, 3.8) is 0 Å². The molecule has 1 saturated heterocycles. The molecule has 1 heterocycles. The molecule has 1 fully saturated rings. The van der Waals surface area contributed by atoms with E-state index in [0.717, 1.165) is 23.9 Å². The number of amides is 2. The van der Waals surface area contributed by atoms with Crippen LogP contribution < -0.4 is 16.0 Å². The number of benzene rings is 2. The second-order valence-corrected chi connectivity index (χ2v) is 9.42. The SMILES string of the molecule is Cc1cc(Cl)cc(CNC(=O)[C@H](C)NC(=O)[C@H]2C[C@H](Cc3ccc(Br)cc3)CN2)c1O.Cl. The zero-order chi connectivity index (χ0) is 22.5. The molecule has 0 unspecified atom stereocenters. The van der Waals surface area contributed by atoms with Gasteiger partial charge in [-0.15, -0.1) is 12.4 Å². The Bertz CT molecular complexity index is 956. The van der Waals surface area contributed by atoms with E-state index in [1.807, 2.05) is 12.1 Å². The van der Waals surface area contributed by atoms with Gasteiger partial charge in [-0.1, -0.05) is 39.7 Å². The summed E-state index contributed by atoms with van der Waals surface area (Å²) in [5.41, 5.74) is 2.41. The maximum absolute atomic E-state index is 12.6. The topological polar surface area (TPSA) is 90.5 Å². The molecule has 3 rings (SSSR count). The largest absolute Gasteiger partial charge is 0.507 e. The molecule has 32 heavy (non-hydrogen) atoms. The number of aryl methyl sites for hydroxylation is 1. The number of carbonyl (C=O) groups is 2. The molecule has 2 amide bonds. The Kier molecular flexibility index (Phi) is 9.83. The Balaban J connectivity index is 0.00000363. The Labute approximate surface area is 208 Å². The number of aromatic hydroxyl groups is 1. The van der Waals surface area contributed by atoms with Crippen LogP contribution in [0.1, 0.15) is 30.0 Å². The zero-order valence-corrected chi connectivity index (χ0v) is 21.1. The van der Waals surface area contributed by atoms with Gasteiger partial charge in [0, 0.05) is 21.6 Å². The van der Waals surface area contributed by atoms with Crippen LogP contribution in [0.5, 0.6) is 5.75 Å². The third kappa shape index (κ3) is 7.10. The summed E-state index contributed by atoms with van der Waals surface area (Å²) in [5.74, 6) is -0.0272. The smallest absolute Gasteiger partial charge is 0.242 e. The number of hydrogen-bond acceptors (Lipinski definition) is 4. The first kappa shape index (κ1) is 26.5. The third-order valence-electron chi connectivity index (χ3n) is 5.53. The predicted molar refractivity (Wildman–Crippen MR) is 132 cm³/mol. The second-order valence-electron chi connectivity index (χ2n) is 8.07. The molecule has 1 aliphatic rings. The van der Waals surface area contributed by atoms with Crippen molar-refractivity contribution >= 4 is 51.8 Å². The van der Waals surface area contributed by atoms with Crippen molar-refractivity contribution in [2.24, 2.45) is 5.92 Å². The minimum absolute atomic E-state index is 0. The minimum Gasteiger partial charge on any atom is -0.507 e. The summed E-state index contributed by atoms with van der Waals surface area (Å²) in [6.45, 7) is 4.28. The van der Waals surface area contributed by atoms with E-state index in [2.05, 4.69) is 44.0 Å². The highest BCUT2D eigenvalue weighted by atomic mass is 79.9. The van der Waals surface area contributed by atoms with Crippen LogP contribution in [0.2, 0.25) is 5.02 Å². The molecular formula is C23H28BrCl2N3O3. The lowest BCUT2D eigenvalue weighted by Gasteiger charge is -2.18. The van der Waals surface area contributed by atoms with Gasteiger partial charge in [0.25, 0.3) is 0 Å². The van der Waals surface area contributed by atoms with E-state index in [1.165, 1.54) is 5.56 Å². The van der Waals surface area contributed by atoms with E-state index >= 15 is 0 Å². The molecule has 0 radical (unpaired) electrons. The molecule has 0 spiro atoms. The normalized spacial score (nSPS) is 18.5. The molecular weight excluding hydrogens is 517 g/mol. The van der Waals surface area contributed by atoms with Crippen LogP contribution in [0.3, 0.4) is 0 Å². The predicted octanol–water partition coefficient (Wildman–Crippen LogP) is 3.88. The molecule has 6 nitrogen and oxygen atoms in total. The summed E-state index contributed by atoms with van der Waals surface area (Å²) in [4.78, 5) is 25.0. The number of nitrogens with one attached hydrogen (secondary N) is 3. The first-order valence-electron chi connectivity index (χ1n) is 10.3. The molecule has 9 heteroatoms.